The molecule has 124 valence electrons. The van der Waals surface area contributed by atoms with Crippen LogP contribution in [0.1, 0.15) is 25.0 Å². The number of amides is 1. The number of benzene rings is 1. The Balaban J connectivity index is 0.00000242. The zero-order valence-corrected chi connectivity index (χ0v) is 15.0. The fraction of sp³-hybridized carbons (Fsp3) is 0.562. The highest BCUT2D eigenvalue weighted by Crippen LogP contribution is 2.25. The second kappa shape index (κ2) is 9.40. The zero-order chi connectivity index (χ0) is 15.2. The highest BCUT2D eigenvalue weighted by atomic mass is 35.5. The Morgan fingerprint density at radius 2 is 2.27 bits per heavy atom. The quantitative estimate of drug-likeness (QED) is 0.862. The van der Waals surface area contributed by atoms with Gasteiger partial charge in [-0.15, -0.1) is 12.4 Å². The van der Waals surface area contributed by atoms with Crippen molar-refractivity contribution in [2.45, 2.75) is 37.9 Å². The average molecular weight is 345 g/mol. The molecule has 0 bridgehead atoms. The van der Waals surface area contributed by atoms with Crippen molar-refractivity contribution in [1.29, 1.82) is 0 Å². The molecule has 0 saturated carbocycles. The number of carbonyl (C=O) groups excluding carboxylic acids is 1. The maximum Gasteiger partial charge on any atom is 0.254 e. The topological polar surface area (TPSA) is 50.4 Å². The summed E-state index contributed by atoms with van der Waals surface area (Å²) in [5, 5.41) is 6.77. The molecule has 0 aliphatic carbocycles. The molecule has 1 aromatic carbocycles. The van der Waals surface area contributed by atoms with Crippen molar-refractivity contribution in [3.8, 4) is 0 Å². The Morgan fingerprint density at radius 3 is 2.91 bits per heavy atom. The predicted octanol–water partition coefficient (Wildman–Crippen LogP) is 2.99. The van der Waals surface area contributed by atoms with Crippen LogP contribution in [0.5, 0.6) is 0 Å². The van der Waals surface area contributed by atoms with Crippen molar-refractivity contribution in [2.24, 2.45) is 0 Å². The van der Waals surface area contributed by atoms with Gasteiger partial charge in [0.15, 0.2) is 0 Å². The third kappa shape index (κ3) is 5.47. The van der Waals surface area contributed by atoms with Gasteiger partial charge in [-0.1, -0.05) is 26.0 Å². The second-order valence-electron chi connectivity index (χ2n) is 5.50. The van der Waals surface area contributed by atoms with Gasteiger partial charge in [-0.2, -0.15) is 11.8 Å². The molecule has 1 aromatic rings. The molecule has 0 aromatic heterocycles. The summed E-state index contributed by atoms with van der Waals surface area (Å²) in [6, 6.07) is 6.07. The molecule has 2 N–H and O–H groups in total. The number of thioether (sulfide) groups is 1. The highest BCUT2D eigenvalue weighted by molar-refractivity contribution is 7.99. The van der Waals surface area contributed by atoms with Gasteiger partial charge in [0.2, 0.25) is 0 Å². The van der Waals surface area contributed by atoms with Crippen molar-refractivity contribution in [1.82, 2.24) is 5.32 Å². The lowest BCUT2D eigenvalue weighted by Gasteiger charge is -2.23. The molecule has 0 spiro atoms. The lowest BCUT2D eigenvalue weighted by molar-refractivity contribution is -0.128. The monoisotopic (exact) mass is 344 g/mol. The van der Waals surface area contributed by atoms with E-state index < -0.39 is 6.10 Å². The number of ether oxygens (including phenoxy) is 1. The third-order valence-corrected chi connectivity index (χ3v) is 4.64. The maximum absolute atomic E-state index is 12.2. The van der Waals surface area contributed by atoms with E-state index in [2.05, 4.69) is 37.5 Å². The zero-order valence-electron chi connectivity index (χ0n) is 13.3. The SMILES string of the molecule is Cc1c(CSC(C)C)cccc1NC(=O)C1CNCCO1.Cl. The van der Waals surface area contributed by atoms with E-state index in [-0.39, 0.29) is 18.3 Å². The van der Waals surface area contributed by atoms with Crippen LogP contribution in [-0.2, 0) is 15.3 Å². The second-order valence-corrected chi connectivity index (χ2v) is 7.07. The Kier molecular flexibility index (Phi) is 8.25. The summed E-state index contributed by atoms with van der Waals surface area (Å²) in [7, 11) is 0. The van der Waals surface area contributed by atoms with Crippen LogP contribution in [0.4, 0.5) is 5.69 Å². The first-order valence-electron chi connectivity index (χ1n) is 7.41. The lowest BCUT2D eigenvalue weighted by atomic mass is 10.1. The van der Waals surface area contributed by atoms with Crippen LogP contribution < -0.4 is 10.6 Å². The summed E-state index contributed by atoms with van der Waals surface area (Å²) in [5.74, 6) is 0.897. The molecule has 4 nitrogen and oxygen atoms in total. The van der Waals surface area contributed by atoms with Crippen molar-refractivity contribution < 1.29 is 9.53 Å². The number of carbonyl (C=O) groups is 1. The van der Waals surface area contributed by atoms with E-state index in [1.54, 1.807) is 0 Å². The Bertz CT molecular complexity index is 491. The minimum atomic E-state index is -0.396. The van der Waals surface area contributed by atoms with E-state index in [4.69, 9.17) is 4.74 Å². The molecular weight excluding hydrogens is 320 g/mol. The molecule has 1 aliphatic heterocycles. The van der Waals surface area contributed by atoms with Crippen LogP contribution in [0.25, 0.3) is 0 Å². The van der Waals surface area contributed by atoms with Gasteiger partial charge in [-0.05, 0) is 29.4 Å². The summed E-state index contributed by atoms with van der Waals surface area (Å²) < 4.78 is 5.48. The van der Waals surface area contributed by atoms with E-state index in [1.807, 2.05) is 23.9 Å². The molecule has 6 heteroatoms. The van der Waals surface area contributed by atoms with E-state index in [9.17, 15) is 4.79 Å². The van der Waals surface area contributed by atoms with Crippen LogP contribution in [0.15, 0.2) is 18.2 Å². The molecule has 1 heterocycles. The lowest BCUT2D eigenvalue weighted by Crippen LogP contribution is -2.45. The van der Waals surface area contributed by atoms with Crippen LogP contribution in [0, 0.1) is 6.92 Å². The van der Waals surface area contributed by atoms with Gasteiger partial charge >= 0.3 is 0 Å². The van der Waals surface area contributed by atoms with Gasteiger partial charge in [0.1, 0.15) is 6.10 Å². The van der Waals surface area contributed by atoms with Gasteiger partial charge in [0.25, 0.3) is 5.91 Å². The number of hydrogen-bond acceptors (Lipinski definition) is 4. The Morgan fingerprint density at radius 1 is 1.50 bits per heavy atom. The molecule has 1 aliphatic rings. The van der Waals surface area contributed by atoms with Crippen molar-refractivity contribution >= 4 is 35.8 Å². The average Bonchev–Trinajstić information content (AvgIpc) is 2.49. The molecule has 1 saturated heterocycles. The predicted molar refractivity (Wildman–Crippen MR) is 96.1 cm³/mol. The molecule has 1 unspecified atom stereocenters. The normalized spacial score (nSPS) is 17.9. The maximum atomic E-state index is 12.2. The van der Waals surface area contributed by atoms with E-state index in [0.717, 1.165) is 23.5 Å². The van der Waals surface area contributed by atoms with Crippen LogP contribution in [0.2, 0.25) is 0 Å². The number of hydrogen-bond donors (Lipinski definition) is 2. The molecule has 2 rings (SSSR count). The van der Waals surface area contributed by atoms with E-state index >= 15 is 0 Å². The van der Waals surface area contributed by atoms with Gasteiger partial charge in [-0.3, -0.25) is 4.79 Å². The molecular formula is C16H25ClN2O2S. The number of halogens is 1. The van der Waals surface area contributed by atoms with Crippen molar-refractivity contribution in [2.75, 3.05) is 25.0 Å². The fourth-order valence-electron chi connectivity index (χ4n) is 2.18. The number of rotatable bonds is 5. The van der Waals surface area contributed by atoms with Crippen molar-refractivity contribution in [3.63, 3.8) is 0 Å². The molecule has 0 radical (unpaired) electrons. The van der Waals surface area contributed by atoms with Gasteiger partial charge in [-0.25, -0.2) is 0 Å². The first-order chi connectivity index (χ1) is 10.1. The van der Waals surface area contributed by atoms with Crippen LogP contribution >= 0.6 is 24.2 Å². The summed E-state index contributed by atoms with van der Waals surface area (Å²) in [4.78, 5) is 12.2. The Hall–Kier alpha value is -0.750. The summed E-state index contributed by atoms with van der Waals surface area (Å²) in [6.07, 6.45) is -0.396. The standard InChI is InChI=1S/C16H24N2O2S.ClH/c1-11(2)21-10-13-5-4-6-14(12(13)3)18-16(19)15-9-17-7-8-20-15;/h4-6,11,15,17H,7-10H2,1-3H3,(H,18,19);1H. The largest absolute Gasteiger partial charge is 0.366 e. The van der Waals surface area contributed by atoms with E-state index in [0.29, 0.717) is 18.4 Å². The highest BCUT2D eigenvalue weighted by Gasteiger charge is 2.22. The minimum Gasteiger partial charge on any atom is -0.366 e. The van der Waals surface area contributed by atoms with Crippen LogP contribution in [0.3, 0.4) is 0 Å². The first kappa shape index (κ1) is 19.3. The summed E-state index contributed by atoms with van der Waals surface area (Å²) >= 11 is 1.91. The smallest absolute Gasteiger partial charge is 0.254 e. The molecule has 1 atom stereocenters. The van der Waals surface area contributed by atoms with Gasteiger partial charge in [0, 0.05) is 24.5 Å². The van der Waals surface area contributed by atoms with Gasteiger partial charge in [0.05, 0.1) is 6.61 Å². The summed E-state index contributed by atoms with van der Waals surface area (Å²) in [6.45, 7) is 8.42. The molecule has 22 heavy (non-hydrogen) atoms. The van der Waals surface area contributed by atoms with Crippen molar-refractivity contribution in [3.05, 3.63) is 29.3 Å². The summed E-state index contributed by atoms with van der Waals surface area (Å²) in [5.41, 5.74) is 3.30. The van der Waals surface area contributed by atoms with Gasteiger partial charge < -0.3 is 15.4 Å². The van der Waals surface area contributed by atoms with Crippen LogP contribution in [-0.4, -0.2) is 37.0 Å². The molecule has 1 amide bonds. The van der Waals surface area contributed by atoms with E-state index in [1.165, 1.54) is 5.56 Å². The number of nitrogens with one attached hydrogen (secondary N) is 2. The minimum absolute atomic E-state index is 0. The number of anilines is 1. The fourth-order valence-corrected chi connectivity index (χ4v) is 3.00. The Labute approximate surface area is 143 Å². The first-order valence-corrected chi connectivity index (χ1v) is 8.46. The number of morpholine rings is 1. The third-order valence-electron chi connectivity index (χ3n) is 3.50. The molecule has 1 fully saturated rings.